The summed E-state index contributed by atoms with van der Waals surface area (Å²) in [5.74, 6) is 0. The summed E-state index contributed by atoms with van der Waals surface area (Å²) >= 11 is 1.37. The summed E-state index contributed by atoms with van der Waals surface area (Å²) in [6, 6.07) is 10.5. The SMILES string of the molecule is CS(=O)(=O)c1ccc(-c2sc(N)nc2-c2ccncc2)cc1. The number of hydrogen-bond donors (Lipinski definition) is 1. The molecule has 1 aromatic carbocycles. The molecule has 0 saturated carbocycles. The molecule has 0 aliphatic carbocycles. The van der Waals surface area contributed by atoms with Crippen molar-refractivity contribution in [1.29, 1.82) is 0 Å². The Kier molecular flexibility index (Phi) is 3.67. The second-order valence-electron chi connectivity index (χ2n) is 4.76. The van der Waals surface area contributed by atoms with Gasteiger partial charge in [-0.15, -0.1) is 0 Å². The number of sulfone groups is 1. The summed E-state index contributed by atoms with van der Waals surface area (Å²) in [5.41, 5.74) is 8.43. The Morgan fingerprint density at radius 2 is 1.64 bits per heavy atom. The molecule has 0 spiro atoms. The lowest BCUT2D eigenvalue weighted by Crippen LogP contribution is -1.96. The molecule has 0 aliphatic heterocycles. The Morgan fingerprint density at radius 3 is 2.23 bits per heavy atom. The maximum absolute atomic E-state index is 11.5. The highest BCUT2D eigenvalue weighted by molar-refractivity contribution is 7.90. The van der Waals surface area contributed by atoms with Crippen molar-refractivity contribution >= 4 is 26.3 Å². The fourth-order valence-corrected chi connectivity index (χ4v) is 3.58. The molecule has 0 saturated heterocycles. The van der Waals surface area contributed by atoms with E-state index in [0.717, 1.165) is 21.7 Å². The molecule has 22 heavy (non-hydrogen) atoms. The van der Waals surface area contributed by atoms with Crippen molar-refractivity contribution in [1.82, 2.24) is 9.97 Å². The minimum Gasteiger partial charge on any atom is -0.375 e. The molecule has 0 amide bonds. The lowest BCUT2D eigenvalue weighted by Gasteiger charge is -2.04. The molecule has 2 N–H and O–H groups in total. The van der Waals surface area contributed by atoms with Crippen LogP contribution < -0.4 is 5.73 Å². The molecule has 5 nitrogen and oxygen atoms in total. The second-order valence-corrected chi connectivity index (χ2v) is 7.81. The van der Waals surface area contributed by atoms with Gasteiger partial charge < -0.3 is 5.73 Å². The highest BCUT2D eigenvalue weighted by Gasteiger charge is 2.14. The van der Waals surface area contributed by atoms with Gasteiger partial charge in [-0.05, 0) is 29.8 Å². The van der Waals surface area contributed by atoms with Crippen LogP contribution in [0.1, 0.15) is 0 Å². The Hall–Kier alpha value is -2.25. The monoisotopic (exact) mass is 331 g/mol. The van der Waals surface area contributed by atoms with Crippen LogP contribution in [0.2, 0.25) is 0 Å². The average Bonchev–Trinajstić information content (AvgIpc) is 2.89. The molecule has 0 atom stereocenters. The lowest BCUT2D eigenvalue weighted by atomic mass is 10.1. The van der Waals surface area contributed by atoms with E-state index in [1.807, 2.05) is 12.1 Å². The van der Waals surface area contributed by atoms with Crippen molar-refractivity contribution in [2.45, 2.75) is 4.90 Å². The van der Waals surface area contributed by atoms with Crippen molar-refractivity contribution in [3.05, 3.63) is 48.8 Å². The van der Waals surface area contributed by atoms with Gasteiger partial charge in [-0.3, -0.25) is 4.98 Å². The number of nitrogen functional groups attached to an aromatic ring is 1. The van der Waals surface area contributed by atoms with Crippen LogP contribution in [0.3, 0.4) is 0 Å². The zero-order valence-corrected chi connectivity index (χ0v) is 13.4. The van der Waals surface area contributed by atoms with E-state index in [9.17, 15) is 8.42 Å². The first-order valence-electron chi connectivity index (χ1n) is 6.42. The van der Waals surface area contributed by atoms with E-state index in [-0.39, 0.29) is 0 Å². The molecule has 112 valence electrons. The number of thiazole rings is 1. The van der Waals surface area contributed by atoms with Crippen molar-refractivity contribution in [2.75, 3.05) is 12.0 Å². The molecule has 0 bridgehead atoms. The molecule has 3 rings (SSSR count). The summed E-state index contributed by atoms with van der Waals surface area (Å²) in [5, 5.41) is 0.467. The Labute approximate surface area is 132 Å². The molecular formula is C15H13N3O2S2. The van der Waals surface area contributed by atoms with Crippen LogP contribution in [-0.2, 0) is 9.84 Å². The van der Waals surface area contributed by atoms with Gasteiger partial charge in [-0.1, -0.05) is 23.5 Å². The molecule has 0 radical (unpaired) electrons. The van der Waals surface area contributed by atoms with Gasteiger partial charge in [-0.25, -0.2) is 13.4 Å². The van der Waals surface area contributed by atoms with Crippen LogP contribution in [0.4, 0.5) is 5.13 Å². The standard InChI is InChI=1S/C15H13N3O2S2/c1-22(19,20)12-4-2-11(3-5-12)14-13(18-15(16)21-14)10-6-8-17-9-7-10/h2-9H,1H3,(H2,16,18). The molecule has 0 aliphatic rings. The van der Waals surface area contributed by atoms with Crippen molar-refractivity contribution in [2.24, 2.45) is 0 Å². The third kappa shape index (κ3) is 2.86. The van der Waals surface area contributed by atoms with E-state index < -0.39 is 9.84 Å². The van der Waals surface area contributed by atoms with Crippen molar-refractivity contribution in [3.8, 4) is 21.7 Å². The van der Waals surface area contributed by atoms with Crippen LogP contribution >= 0.6 is 11.3 Å². The fourth-order valence-electron chi connectivity index (χ4n) is 2.09. The second kappa shape index (κ2) is 5.51. The smallest absolute Gasteiger partial charge is 0.181 e. The summed E-state index contributed by atoms with van der Waals surface area (Å²) in [4.78, 5) is 9.57. The quantitative estimate of drug-likeness (QED) is 0.797. The van der Waals surface area contributed by atoms with E-state index >= 15 is 0 Å². The fraction of sp³-hybridized carbons (Fsp3) is 0.0667. The third-order valence-corrected chi connectivity index (χ3v) is 5.20. The number of pyridine rings is 1. The highest BCUT2D eigenvalue weighted by Crippen LogP contribution is 2.37. The van der Waals surface area contributed by atoms with Gasteiger partial charge in [0.05, 0.1) is 15.5 Å². The van der Waals surface area contributed by atoms with Crippen molar-refractivity contribution in [3.63, 3.8) is 0 Å². The molecule has 2 aromatic heterocycles. The summed E-state index contributed by atoms with van der Waals surface area (Å²) in [6.45, 7) is 0. The van der Waals surface area contributed by atoms with Crippen LogP contribution in [0.5, 0.6) is 0 Å². The van der Waals surface area contributed by atoms with Crippen LogP contribution in [0.15, 0.2) is 53.7 Å². The van der Waals surface area contributed by atoms with Crippen molar-refractivity contribution < 1.29 is 8.42 Å². The predicted molar refractivity (Wildman–Crippen MR) is 88.3 cm³/mol. The first-order valence-corrected chi connectivity index (χ1v) is 9.13. The van der Waals surface area contributed by atoms with E-state index in [0.29, 0.717) is 10.0 Å². The maximum Gasteiger partial charge on any atom is 0.181 e. The normalized spacial score (nSPS) is 11.5. The van der Waals surface area contributed by atoms with E-state index in [2.05, 4.69) is 9.97 Å². The van der Waals surface area contributed by atoms with E-state index in [4.69, 9.17) is 5.73 Å². The Bertz CT molecular complexity index is 902. The average molecular weight is 331 g/mol. The van der Waals surface area contributed by atoms with Gasteiger partial charge in [0.2, 0.25) is 0 Å². The molecular weight excluding hydrogens is 318 g/mol. The van der Waals surface area contributed by atoms with Gasteiger partial charge in [0.15, 0.2) is 15.0 Å². The number of aromatic nitrogens is 2. The third-order valence-electron chi connectivity index (χ3n) is 3.14. The van der Waals surface area contributed by atoms with Gasteiger partial charge in [0.25, 0.3) is 0 Å². The first-order chi connectivity index (χ1) is 10.4. The van der Waals surface area contributed by atoms with Gasteiger partial charge in [-0.2, -0.15) is 0 Å². The summed E-state index contributed by atoms with van der Waals surface area (Å²) < 4.78 is 23.1. The van der Waals surface area contributed by atoms with E-state index in [1.165, 1.54) is 17.6 Å². The molecule has 3 aromatic rings. The number of nitrogens with zero attached hydrogens (tertiary/aromatic N) is 2. The molecule has 2 heterocycles. The number of anilines is 1. The largest absolute Gasteiger partial charge is 0.375 e. The summed E-state index contributed by atoms with van der Waals surface area (Å²) in [7, 11) is -3.20. The Morgan fingerprint density at radius 1 is 1.00 bits per heavy atom. The topological polar surface area (TPSA) is 85.9 Å². The van der Waals surface area contributed by atoms with Crippen LogP contribution in [0, 0.1) is 0 Å². The lowest BCUT2D eigenvalue weighted by molar-refractivity contribution is 0.602. The highest BCUT2D eigenvalue weighted by atomic mass is 32.2. The van der Waals surface area contributed by atoms with Gasteiger partial charge >= 0.3 is 0 Å². The van der Waals surface area contributed by atoms with Crippen LogP contribution in [-0.4, -0.2) is 24.6 Å². The van der Waals surface area contributed by atoms with Gasteiger partial charge in [0, 0.05) is 24.2 Å². The van der Waals surface area contributed by atoms with Crippen LogP contribution in [0.25, 0.3) is 21.7 Å². The number of nitrogens with two attached hydrogens (primary N) is 1. The Balaban J connectivity index is 2.10. The zero-order valence-electron chi connectivity index (χ0n) is 11.7. The minimum atomic E-state index is -3.20. The zero-order chi connectivity index (χ0) is 15.7. The molecule has 0 unspecified atom stereocenters. The summed E-state index contributed by atoms with van der Waals surface area (Å²) in [6.07, 6.45) is 4.58. The first kappa shape index (κ1) is 14.7. The number of hydrogen-bond acceptors (Lipinski definition) is 6. The number of rotatable bonds is 3. The number of benzene rings is 1. The maximum atomic E-state index is 11.5. The van der Waals surface area contributed by atoms with Gasteiger partial charge in [0.1, 0.15) is 0 Å². The molecule has 7 heteroatoms. The predicted octanol–water partition coefficient (Wildman–Crippen LogP) is 2.86. The minimum absolute atomic E-state index is 0.291. The molecule has 0 fully saturated rings. The van der Waals surface area contributed by atoms with E-state index in [1.54, 1.807) is 36.7 Å².